The van der Waals surface area contributed by atoms with E-state index in [2.05, 4.69) is 44.3 Å². The van der Waals surface area contributed by atoms with Crippen molar-refractivity contribution in [1.29, 1.82) is 0 Å². The predicted octanol–water partition coefficient (Wildman–Crippen LogP) is 6.00. The molecule has 24 atom stereocenters. The summed E-state index contributed by atoms with van der Waals surface area (Å²) in [5, 5.41) is 117. The van der Waals surface area contributed by atoms with E-state index in [-0.39, 0.29) is 86.5 Å². The smallest absolute Gasteiger partial charge is 0.234 e. The van der Waals surface area contributed by atoms with Crippen molar-refractivity contribution in [3.05, 3.63) is 59.7 Å². The lowest BCUT2D eigenvalue weighted by Crippen LogP contribution is -2.72. The summed E-state index contributed by atoms with van der Waals surface area (Å²) in [7, 11) is 4.23. The highest BCUT2D eigenvalue weighted by molar-refractivity contribution is 8.76. The van der Waals surface area contributed by atoms with Crippen LogP contribution in [0.5, 0.6) is 5.75 Å². The number of aromatic hydroxyl groups is 1. The highest BCUT2D eigenvalue weighted by atomic mass is 33.1. The lowest BCUT2D eigenvalue weighted by molar-refractivity contribution is -0.235. The summed E-state index contributed by atoms with van der Waals surface area (Å²) < 4.78 is 12.3. The number of anilines is 1. The molecule has 8 bridgehead atoms. The van der Waals surface area contributed by atoms with Crippen LogP contribution in [0.4, 0.5) is 5.69 Å². The molecule has 8 aliphatic carbocycles. The first-order valence-electron chi connectivity index (χ1n) is 31.0. The topological polar surface area (TPSA) is 253 Å². The van der Waals surface area contributed by atoms with Gasteiger partial charge in [0.2, 0.25) is 5.91 Å². The lowest BCUT2D eigenvalue weighted by Gasteiger charge is -2.68. The fourth-order valence-corrected chi connectivity index (χ4v) is 24.5. The van der Waals surface area contributed by atoms with E-state index in [1.54, 1.807) is 30.2 Å². The summed E-state index contributed by atoms with van der Waals surface area (Å²) in [5.74, 6) is -1.86. The number of carbonyl (C=O) groups is 2. The van der Waals surface area contributed by atoms with Gasteiger partial charge in [-0.15, -0.1) is 0 Å². The number of phenolic OH excluding ortho intramolecular Hbond substituents is 1. The third-order valence-corrected chi connectivity index (χ3v) is 28.4. The van der Waals surface area contributed by atoms with Gasteiger partial charge in [-0.2, -0.15) is 0 Å². The Bertz CT molecular complexity index is 2760. The van der Waals surface area contributed by atoms with Crippen LogP contribution in [-0.4, -0.2) is 156 Å². The first kappa shape index (κ1) is 57.7. The summed E-state index contributed by atoms with van der Waals surface area (Å²) in [6.07, 6.45) is 13.3. The van der Waals surface area contributed by atoms with E-state index in [0.717, 1.165) is 42.2 Å². The Morgan fingerprint density at radius 3 is 2.51 bits per heavy atom. The summed E-state index contributed by atoms with van der Waals surface area (Å²) in [4.78, 5) is 34.2. The van der Waals surface area contributed by atoms with Gasteiger partial charge in [0, 0.05) is 66.5 Å². The number of allylic oxidation sites excluding steroid dienone is 3. The zero-order valence-corrected chi connectivity index (χ0v) is 49.6. The molecule has 0 aromatic heterocycles. The Balaban J connectivity index is 0.964. The van der Waals surface area contributed by atoms with Gasteiger partial charge in [-0.3, -0.25) is 9.59 Å². The number of methoxy groups -OCH3 is 1. The van der Waals surface area contributed by atoms with Gasteiger partial charge in [0.1, 0.15) is 28.5 Å². The number of piperidine rings is 1. The van der Waals surface area contributed by atoms with Crippen molar-refractivity contribution < 1.29 is 65.0 Å². The maximum atomic E-state index is 16.5. The van der Waals surface area contributed by atoms with Crippen LogP contribution in [0.15, 0.2) is 54.2 Å². The number of aliphatic hydroxyl groups excluding tert-OH is 5. The molecule has 10 N–H and O–H groups in total. The number of ether oxygens (including phenoxy) is 2. The van der Waals surface area contributed by atoms with Crippen LogP contribution < -0.4 is 10.2 Å². The number of fused-ring (bicyclic) bond motifs is 2. The van der Waals surface area contributed by atoms with Crippen molar-refractivity contribution in [2.45, 2.75) is 183 Å². The Morgan fingerprint density at radius 1 is 0.951 bits per heavy atom. The molecule has 81 heavy (non-hydrogen) atoms. The SMILES string of the molecule is COC1C=CC2CC(C3CCC4(CN5C(=O)C46C(CO)CCCC6CSSC(O)C46CC(O)C(O)(CO)CC4(C)C4CC7C=CCC(O)(C8OC8C(C)C(C)C)C8CCC(O)(C4=CC6=O)C78CCc4cc(O)cc5c4)C3O)NCC2C1. The van der Waals surface area contributed by atoms with E-state index in [9.17, 15) is 46.0 Å². The van der Waals surface area contributed by atoms with E-state index >= 15 is 9.59 Å². The van der Waals surface area contributed by atoms with Crippen LogP contribution in [0.1, 0.15) is 123 Å². The molecule has 6 heterocycles. The number of aryl methyl sites for hydroxylation is 1. The Kier molecular flexibility index (Phi) is 14.3. The van der Waals surface area contributed by atoms with Crippen LogP contribution in [0.25, 0.3) is 0 Å². The molecule has 0 radical (unpaired) electrons. The van der Waals surface area contributed by atoms with Crippen LogP contribution >= 0.6 is 21.6 Å². The summed E-state index contributed by atoms with van der Waals surface area (Å²) >= 11 is 0. The summed E-state index contributed by atoms with van der Waals surface area (Å²) in [6, 6.07) is 5.32. The molecule has 24 unspecified atom stereocenters. The van der Waals surface area contributed by atoms with Gasteiger partial charge in [-0.05, 0) is 179 Å². The molecule has 3 saturated heterocycles. The van der Waals surface area contributed by atoms with Crippen molar-refractivity contribution in [3.8, 4) is 5.75 Å². The third kappa shape index (κ3) is 7.80. The van der Waals surface area contributed by atoms with E-state index in [0.29, 0.717) is 80.2 Å². The van der Waals surface area contributed by atoms with Crippen molar-refractivity contribution in [2.75, 3.05) is 44.1 Å². The van der Waals surface area contributed by atoms with E-state index in [1.807, 2.05) is 19.1 Å². The number of nitrogens with one attached hydrogen (secondary N) is 1. The molecule has 5 saturated carbocycles. The van der Waals surface area contributed by atoms with Crippen LogP contribution in [0, 0.1) is 86.3 Å². The van der Waals surface area contributed by atoms with Gasteiger partial charge < -0.3 is 65.6 Å². The minimum absolute atomic E-state index is 0.0206. The molecule has 1 amide bonds. The van der Waals surface area contributed by atoms with E-state index in [1.165, 1.54) is 10.8 Å². The van der Waals surface area contributed by atoms with Crippen LogP contribution in [0.3, 0.4) is 0 Å². The Labute approximate surface area is 485 Å². The minimum atomic E-state index is -2.03. The van der Waals surface area contributed by atoms with Crippen LogP contribution in [-0.2, 0) is 25.5 Å². The zero-order valence-electron chi connectivity index (χ0n) is 48.0. The largest absolute Gasteiger partial charge is 0.508 e. The molecule has 15 rings (SSSR count). The third-order valence-electron chi connectivity index (χ3n) is 25.8. The molecular weight excluding hydrogens is 1070 g/mol. The van der Waals surface area contributed by atoms with Gasteiger partial charge >= 0.3 is 0 Å². The van der Waals surface area contributed by atoms with Gasteiger partial charge in [0.05, 0.1) is 47.5 Å². The molecule has 15 nitrogen and oxygen atoms in total. The number of nitrogens with zero attached hydrogens (tertiary/aromatic N) is 1. The first-order valence-corrected chi connectivity index (χ1v) is 33.3. The van der Waals surface area contributed by atoms with Gasteiger partial charge in [-0.1, -0.05) is 80.0 Å². The quantitative estimate of drug-likeness (QED) is 0.0854. The molecule has 14 aliphatic rings. The number of rotatable bonds is 7. The summed E-state index contributed by atoms with van der Waals surface area (Å²) in [6.45, 7) is 8.26. The predicted molar refractivity (Wildman–Crippen MR) is 308 cm³/mol. The first-order chi connectivity index (χ1) is 38.6. The second-order valence-corrected chi connectivity index (χ2v) is 31.4. The molecule has 4 spiro atoms. The number of epoxide rings is 1. The van der Waals surface area contributed by atoms with Crippen molar-refractivity contribution in [3.63, 3.8) is 0 Å². The maximum absolute atomic E-state index is 16.5. The van der Waals surface area contributed by atoms with Gasteiger partial charge in [-0.25, -0.2) is 0 Å². The number of ketones is 1. The maximum Gasteiger partial charge on any atom is 0.234 e. The van der Waals surface area contributed by atoms with Crippen LogP contribution in [0.2, 0.25) is 0 Å². The monoisotopic (exact) mass is 1160 g/mol. The average molecular weight is 1160 g/mol. The Hall–Kier alpha value is -2.36. The van der Waals surface area contributed by atoms with Crippen molar-refractivity contribution in [1.82, 2.24) is 5.32 Å². The molecule has 446 valence electrons. The number of benzene rings is 1. The van der Waals surface area contributed by atoms with E-state index in [4.69, 9.17) is 9.47 Å². The normalized spacial score (nSPS) is 51.2. The van der Waals surface area contributed by atoms with Crippen molar-refractivity contribution in [2.24, 2.45) is 86.3 Å². The number of phenols is 1. The standard InChI is InChI=1S/C64H90N2O13S2/c1-34(2)35(3)52-54(79-52)62(76)16-7-10-39-24-46-47-26-50(70)61(27-51(71)59(75,33-68)31-57(46,61)4)56(74)81-80-30-41-9-6-8-40(29-67)64(41)55(73)66(42-20-36(21-43(69)25-42)13-18-60(39)49(62)15-19-63(47,60)77)32-58(64)17-14-45(53(58)72)48-23-37-11-12-44(78-5)22-38(37)28-65-48/h7,10-12,20-21,25-26,34-35,37-41,44-46,48-49,51-54,56,65,67-69,71-72,74-77H,6,8-9,13-19,22-24,27-33H2,1-5H3. The summed E-state index contributed by atoms with van der Waals surface area (Å²) in [5.41, 5.74) is -11.3. The van der Waals surface area contributed by atoms with Gasteiger partial charge in [0.15, 0.2) is 5.78 Å². The minimum Gasteiger partial charge on any atom is -0.508 e. The highest BCUT2D eigenvalue weighted by Crippen LogP contribution is 2.77. The fourth-order valence-electron chi connectivity index (χ4n) is 21.5. The molecule has 6 aliphatic heterocycles. The Morgan fingerprint density at radius 2 is 1.75 bits per heavy atom. The van der Waals surface area contributed by atoms with Gasteiger partial charge in [0.25, 0.3) is 0 Å². The molecule has 1 aromatic rings. The second kappa shape index (κ2) is 20.1. The number of aliphatic hydroxyl groups is 8. The number of hydrogen-bond donors (Lipinski definition) is 10. The highest BCUT2D eigenvalue weighted by Gasteiger charge is 2.80. The molecule has 17 heteroatoms. The number of hydrogen-bond acceptors (Lipinski definition) is 16. The number of amides is 1. The lowest BCUT2D eigenvalue weighted by atomic mass is 9.38. The zero-order chi connectivity index (χ0) is 57.2. The number of carbonyl (C=O) groups excluding carboxylic acids is 2. The molecule has 1 aromatic carbocycles. The molecular formula is C64H90N2O13S2. The van der Waals surface area contributed by atoms with E-state index < -0.39 is 110 Å². The second-order valence-electron chi connectivity index (χ2n) is 28.9. The van der Waals surface area contributed by atoms with Crippen molar-refractivity contribution >= 4 is 39.0 Å². The average Bonchev–Trinajstić information content (AvgIpc) is 2.06. The molecule has 8 fully saturated rings. The fraction of sp³-hybridized carbons (Fsp3) is 0.781.